The van der Waals surface area contributed by atoms with Gasteiger partial charge in [0.1, 0.15) is 5.75 Å². The summed E-state index contributed by atoms with van der Waals surface area (Å²) in [5, 5.41) is 3.35. The molecular weight excluding hydrogens is 262 g/mol. The first-order valence-electron chi connectivity index (χ1n) is 6.80. The Morgan fingerprint density at radius 1 is 1.26 bits per heavy atom. The van der Waals surface area contributed by atoms with Crippen LogP contribution in [0.1, 0.15) is 45.4 Å². The van der Waals surface area contributed by atoms with E-state index in [0.29, 0.717) is 22.9 Å². The van der Waals surface area contributed by atoms with Crippen LogP contribution in [0.5, 0.6) is 5.75 Å². The number of amides is 1. The number of methoxy groups -OCH3 is 1. The Kier molecular flexibility index (Phi) is 7.34. The molecule has 1 rings (SSSR count). The van der Waals surface area contributed by atoms with Crippen LogP contribution in [-0.2, 0) is 4.79 Å². The number of ether oxygens (including phenoxy) is 1. The first-order valence-corrected chi connectivity index (χ1v) is 7.18. The molecule has 1 aromatic carbocycles. The average molecular weight is 284 g/mol. The smallest absolute Gasteiger partial charge is 0.224 e. The molecule has 1 amide bonds. The highest BCUT2D eigenvalue weighted by atomic mass is 35.5. The molecular formula is C15H22ClNO2. The topological polar surface area (TPSA) is 38.3 Å². The van der Waals surface area contributed by atoms with Crippen LogP contribution < -0.4 is 10.1 Å². The van der Waals surface area contributed by atoms with Crippen molar-refractivity contribution in [1.82, 2.24) is 0 Å². The van der Waals surface area contributed by atoms with E-state index in [-0.39, 0.29) is 5.91 Å². The number of hydrogen-bond acceptors (Lipinski definition) is 2. The maximum Gasteiger partial charge on any atom is 0.224 e. The molecule has 3 nitrogen and oxygen atoms in total. The third kappa shape index (κ3) is 5.97. The van der Waals surface area contributed by atoms with Gasteiger partial charge in [-0.1, -0.05) is 44.2 Å². The molecule has 0 radical (unpaired) electrons. The molecule has 19 heavy (non-hydrogen) atoms. The van der Waals surface area contributed by atoms with E-state index in [2.05, 4.69) is 12.2 Å². The molecule has 0 aliphatic heterocycles. The molecule has 0 spiro atoms. The SMILES string of the molecule is CCCCCCCC(=O)Nc1ccc(OC)c(Cl)c1. The van der Waals surface area contributed by atoms with Gasteiger partial charge in [0.2, 0.25) is 5.91 Å². The van der Waals surface area contributed by atoms with E-state index in [1.165, 1.54) is 19.3 Å². The first-order chi connectivity index (χ1) is 9.17. The lowest BCUT2D eigenvalue weighted by Gasteiger charge is -2.08. The van der Waals surface area contributed by atoms with Gasteiger partial charge in [0, 0.05) is 12.1 Å². The fourth-order valence-electron chi connectivity index (χ4n) is 1.86. The molecule has 0 aliphatic rings. The van der Waals surface area contributed by atoms with Crippen LogP contribution in [0.4, 0.5) is 5.69 Å². The van der Waals surface area contributed by atoms with E-state index in [9.17, 15) is 4.79 Å². The standard InChI is InChI=1S/C15H22ClNO2/c1-3-4-5-6-7-8-15(18)17-12-9-10-14(19-2)13(16)11-12/h9-11H,3-8H2,1-2H3,(H,17,18). The maximum absolute atomic E-state index is 11.7. The van der Waals surface area contributed by atoms with E-state index < -0.39 is 0 Å². The molecule has 0 aliphatic carbocycles. The van der Waals surface area contributed by atoms with Gasteiger partial charge in [0.05, 0.1) is 12.1 Å². The van der Waals surface area contributed by atoms with Crippen molar-refractivity contribution in [3.8, 4) is 5.75 Å². The molecule has 0 bridgehead atoms. The lowest BCUT2D eigenvalue weighted by atomic mass is 10.1. The van der Waals surface area contributed by atoms with E-state index in [1.54, 1.807) is 25.3 Å². The zero-order chi connectivity index (χ0) is 14.1. The maximum atomic E-state index is 11.7. The summed E-state index contributed by atoms with van der Waals surface area (Å²) >= 11 is 6.00. The van der Waals surface area contributed by atoms with E-state index in [1.807, 2.05) is 0 Å². The zero-order valence-corrected chi connectivity index (χ0v) is 12.4. The Hall–Kier alpha value is -1.22. The predicted octanol–water partition coefficient (Wildman–Crippen LogP) is 4.65. The summed E-state index contributed by atoms with van der Waals surface area (Å²) in [6, 6.07) is 5.24. The van der Waals surface area contributed by atoms with Crippen LogP contribution in [0.2, 0.25) is 5.02 Å². The number of hydrogen-bond donors (Lipinski definition) is 1. The number of nitrogens with one attached hydrogen (secondary N) is 1. The molecule has 0 fully saturated rings. The van der Waals surface area contributed by atoms with Crippen molar-refractivity contribution in [2.45, 2.75) is 45.4 Å². The van der Waals surface area contributed by atoms with Gasteiger partial charge in [-0.2, -0.15) is 0 Å². The van der Waals surface area contributed by atoms with Crippen LogP contribution in [0.15, 0.2) is 18.2 Å². The number of carbonyl (C=O) groups excluding carboxylic acids is 1. The Morgan fingerprint density at radius 2 is 2.00 bits per heavy atom. The van der Waals surface area contributed by atoms with Crippen molar-refractivity contribution < 1.29 is 9.53 Å². The summed E-state index contributed by atoms with van der Waals surface area (Å²) in [4.78, 5) is 11.7. The van der Waals surface area contributed by atoms with Crippen molar-refractivity contribution >= 4 is 23.2 Å². The van der Waals surface area contributed by atoms with E-state index in [0.717, 1.165) is 12.8 Å². The molecule has 4 heteroatoms. The highest BCUT2D eigenvalue weighted by molar-refractivity contribution is 6.32. The number of halogens is 1. The average Bonchev–Trinajstić information content (AvgIpc) is 2.39. The van der Waals surface area contributed by atoms with Gasteiger partial charge in [-0.15, -0.1) is 0 Å². The molecule has 0 saturated carbocycles. The molecule has 0 aromatic heterocycles. The van der Waals surface area contributed by atoms with Gasteiger partial charge in [-0.05, 0) is 24.6 Å². The summed E-state index contributed by atoms with van der Waals surface area (Å²) < 4.78 is 5.06. The van der Waals surface area contributed by atoms with Gasteiger partial charge in [0.15, 0.2) is 0 Å². The zero-order valence-electron chi connectivity index (χ0n) is 11.7. The highest BCUT2D eigenvalue weighted by Crippen LogP contribution is 2.27. The highest BCUT2D eigenvalue weighted by Gasteiger charge is 2.05. The number of carbonyl (C=O) groups is 1. The minimum atomic E-state index is 0.0396. The van der Waals surface area contributed by atoms with Crippen molar-refractivity contribution in [2.75, 3.05) is 12.4 Å². The van der Waals surface area contributed by atoms with Gasteiger partial charge in [0.25, 0.3) is 0 Å². The largest absolute Gasteiger partial charge is 0.495 e. The van der Waals surface area contributed by atoms with Crippen LogP contribution in [0.25, 0.3) is 0 Å². The van der Waals surface area contributed by atoms with Crippen LogP contribution in [0.3, 0.4) is 0 Å². The molecule has 106 valence electrons. The minimum Gasteiger partial charge on any atom is -0.495 e. The van der Waals surface area contributed by atoms with E-state index >= 15 is 0 Å². The summed E-state index contributed by atoms with van der Waals surface area (Å²) in [6.45, 7) is 2.18. The number of anilines is 1. The van der Waals surface area contributed by atoms with Crippen molar-refractivity contribution in [2.24, 2.45) is 0 Å². The van der Waals surface area contributed by atoms with Crippen molar-refractivity contribution in [1.29, 1.82) is 0 Å². The first kappa shape index (κ1) is 15.8. The van der Waals surface area contributed by atoms with Crippen LogP contribution >= 0.6 is 11.6 Å². The third-order valence-electron chi connectivity index (χ3n) is 2.94. The lowest BCUT2D eigenvalue weighted by molar-refractivity contribution is -0.116. The van der Waals surface area contributed by atoms with Gasteiger partial charge >= 0.3 is 0 Å². The van der Waals surface area contributed by atoms with E-state index in [4.69, 9.17) is 16.3 Å². The summed E-state index contributed by atoms with van der Waals surface area (Å²) in [5.74, 6) is 0.650. The van der Waals surface area contributed by atoms with Crippen molar-refractivity contribution in [3.05, 3.63) is 23.2 Å². The number of rotatable bonds is 8. The second kappa shape index (κ2) is 8.81. The monoisotopic (exact) mass is 283 g/mol. The molecule has 0 unspecified atom stereocenters. The number of benzene rings is 1. The molecule has 1 N–H and O–H groups in total. The normalized spacial score (nSPS) is 10.3. The molecule has 1 aromatic rings. The Labute approximate surface area is 120 Å². The Bertz CT molecular complexity index is 407. The fourth-order valence-corrected chi connectivity index (χ4v) is 2.11. The number of unbranched alkanes of at least 4 members (excludes halogenated alkanes) is 4. The van der Waals surface area contributed by atoms with Crippen LogP contribution in [-0.4, -0.2) is 13.0 Å². The summed E-state index contributed by atoms with van der Waals surface area (Å²) in [6.07, 6.45) is 6.29. The Balaban J connectivity index is 2.34. The second-order valence-corrected chi connectivity index (χ2v) is 4.97. The fraction of sp³-hybridized carbons (Fsp3) is 0.533. The Morgan fingerprint density at radius 3 is 2.63 bits per heavy atom. The molecule has 0 saturated heterocycles. The third-order valence-corrected chi connectivity index (χ3v) is 3.24. The molecule has 0 heterocycles. The predicted molar refractivity (Wildman–Crippen MR) is 80.0 cm³/mol. The van der Waals surface area contributed by atoms with Gasteiger partial charge in [-0.25, -0.2) is 0 Å². The summed E-state index contributed by atoms with van der Waals surface area (Å²) in [7, 11) is 1.57. The van der Waals surface area contributed by atoms with Gasteiger partial charge in [-0.3, -0.25) is 4.79 Å². The van der Waals surface area contributed by atoms with Gasteiger partial charge < -0.3 is 10.1 Å². The lowest BCUT2D eigenvalue weighted by Crippen LogP contribution is -2.11. The minimum absolute atomic E-state index is 0.0396. The summed E-state index contributed by atoms with van der Waals surface area (Å²) in [5.41, 5.74) is 0.712. The quantitative estimate of drug-likeness (QED) is 0.705. The van der Waals surface area contributed by atoms with Crippen molar-refractivity contribution in [3.63, 3.8) is 0 Å². The molecule has 0 atom stereocenters. The second-order valence-electron chi connectivity index (χ2n) is 4.56. The van der Waals surface area contributed by atoms with Crippen LogP contribution in [0, 0.1) is 0 Å².